The molecule has 0 radical (unpaired) electrons. The molecule has 0 aromatic heterocycles. The molecule has 0 fully saturated rings. The molecule has 0 saturated heterocycles. The van der Waals surface area contributed by atoms with Crippen LogP contribution in [-0.2, 0) is 4.79 Å². The zero-order valence-electron chi connectivity index (χ0n) is 12.5. The van der Waals surface area contributed by atoms with Gasteiger partial charge in [-0.1, -0.05) is 12.1 Å². The molecule has 0 spiro atoms. The Balaban J connectivity index is 2.47. The summed E-state index contributed by atoms with van der Waals surface area (Å²) in [5.74, 6) is -0.425. The predicted octanol–water partition coefficient (Wildman–Crippen LogP) is 1.71. The molecule has 1 atom stereocenters. The summed E-state index contributed by atoms with van der Waals surface area (Å²) < 4.78 is 12.8. The lowest BCUT2D eigenvalue weighted by atomic mass is 10.1. The summed E-state index contributed by atoms with van der Waals surface area (Å²) in [6.45, 7) is 5.85. The Morgan fingerprint density at radius 1 is 1.40 bits per heavy atom. The number of likely N-dealkylation sites (N-methyl/N-ethyl adjacent to an activating group) is 1. The molecule has 0 aliphatic carbocycles. The summed E-state index contributed by atoms with van der Waals surface area (Å²) >= 11 is 0. The summed E-state index contributed by atoms with van der Waals surface area (Å²) in [6.07, 6.45) is 0. The number of benzene rings is 1. The van der Waals surface area contributed by atoms with Gasteiger partial charge in [-0.25, -0.2) is 4.39 Å². The van der Waals surface area contributed by atoms with Crippen molar-refractivity contribution < 1.29 is 14.3 Å². The van der Waals surface area contributed by atoms with Gasteiger partial charge in [0.1, 0.15) is 5.82 Å². The van der Waals surface area contributed by atoms with E-state index in [4.69, 9.17) is 0 Å². The molecule has 0 bridgehead atoms. The highest BCUT2D eigenvalue weighted by molar-refractivity contribution is 5.78. The molecule has 0 aliphatic rings. The molecule has 2 N–H and O–H groups in total. The zero-order chi connectivity index (χ0) is 15.3. The van der Waals surface area contributed by atoms with E-state index in [1.807, 2.05) is 6.92 Å². The molecular formula is C15H23FN2O2. The second kappa shape index (κ2) is 6.81. The molecule has 0 aliphatic heterocycles. The SMILES string of the molecule is CC(NC(=O)CN(C)CC(C)(C)O)c1ccc(F)cc1. The largest absolute Gasteiger partial charge is 0.389 e. The first-order valence-electron chi connectivity index (χ1n) is 6.63. The van der Waals surface area contributed by atoms with Crippen LogP contribution in [0.15, 0.2) is 24.3 Å². The van der Waals surface area contributed by atoms with Crippen molar-refractivity contribution in [2.24, 2.45) is 0 Å². The van der Waals surface area contributed by atoms with Gasteiger partial charge >= 0.3 is 0 Å². The van der Waals surface area contributed by atoms with Crippen molar-refractivity contribution in [1.29, 1.82) is 0 Å². The van der Waals surface area contributed by atoms with E-state index in [1.165, 1.54) is 12.1 Å². The first-order valence-corrected chi connectivity index (χ1v) is 6.63. The van der Waals surface area contributed by atoms with Gasteiger partial charge in [0.15, 0.2) is 0 Å². The fourth-order valence-electron chi connectivity index (χ4n) is 2.08. The molecule has 1 amide bonds. The summed E-state index contributed by atoms with van der Waals surface area (Å²) in [5, 5.41) is 12.5. The molecule has 20 heavy (non-hydrogen) atoms. The molecule has 1 aromatic rings. The maximum atomic E-state index is 12.8. The fraction of sp³-hybridized carbons (Fsp3) is 0.533. The van der Waals surface area contributed by atoms with Gasteiger partial charge in [0.05, 0.1) is 18.2 Å². The van der Waals surface area contributed by atoms with Crippen molar-refractivity contribution in [3.05, 3.63) is 35.6 Å². The summed E-state index contributed by atoms with van der Waals surface area (Å²) in [5.41, 5.74) is 0.0160. The standard InChI is InChI=1S/C15H23FN2O2/c1-11(12-5-7-13(16)8-6-12)17-14(19)9-18(4)10-15(2,3)20/h5-8,11,20H,9-10H2,1-4H3,(H,17,19). The van der Waals surface area contributed by atoms with Crippen LogP contribution in [0.2, 0.25) is 0 Å². The number of halogens is 1. The van der Waals surface area contributed by atoms with Crippen molar-refractivity contribution in [1.82, 2.24) is 10.2 Å². The van der Waals surface area contributed by atoms with Gasteiger partial charge in [0.25, 0.3) is 0 Å². The highest BCUT2D eigenvalue weighted by atomic mass is 19.1. The van der Waals surface area contributed by atoms with Crippen LogP contribution in [0.5, 0.6) is 0 Å². The number of rotatable bonds is 6. The molecule has 4 nitrogen and oxygen atoms in total. The van der Waals surface area contributed by atoms with Crippen molar-refractivity contribution in [3.63, 3.8) is 0 Å². The van der Waals surface area contributed by atoms with Gasteiger partial charge in [-0.3, -0.25) is 9.69 Å². The molecule has 1 rings (SSSR count). The normalized spacial score (nSPS) is 13.3. The number of hydrogen-bond donors (Lipinski definition) is 2. The van der Waals surface area contributed by atoms with E-state index >= 15 is 0 Å². The van der Waals surface area contributed by atoms with E-state index in [0.29, 0.717) is 6.54 Å². The first-order chi connectivity index (χ1) is 9.17. The van der Waals surface area contributed by atoms with E-state index in [0.717, 1.165) is 5.56 Å². The quantitative estimate of drug-likeness (QED) is 0.835. The van der Waals surface area contributed by atoms with Crippen LogP contribution in [0.4, 0.5) is 4.39 Å². The monoisotopic (exact) mass is 282 g/mol. The Hall–Kier alpha value is -1.46. The van der Waals surface area contributed by atoms with Crippen LogP contribution in [0, 0.1) is 5.82 Å². The number of nitrogens with one attached hydrogen (secondary N) is 1. The van der Waals surface area contributed by atoms with E-state index in [2.05, 4.69) is 5.32 Å². The van der Waals surface area contributed by atoms with Crippen LogP contribution in [0.3, 0.4) is 0 Å². The van der Waals surface area contributed by atoms with Crippen LogP contribution in [0.25, 0.3) is 0 Å². The van der Waals surface area contributed by atoms with E-state index in [-0.39, 0.29) is 24.3 Å². The van der Waals surface area contributed by atoms with Crippen molar-refractivity contribution in [2.75, 3.05) is 20.1 Å². The maximum absolute atomic E-state index is 12.8. The average Bonchev–Trinajstić information content (AvgIpc) is 2.26. The molecule has 112 valence electrons. The van der Waals surface area contributed by atoms with Crippen LogP contribution in [-0.4, -0.2) is 41.7 Å². The fourth-order valence-corrected chi connectivity index (χ4v) is 2.08. The third kappa shape index (κ3) is 6.12. The van der Waals surface area contributed by atoms with Crippen molar-refractivity contribution >= 4 is 5.91 Å². The minimum Gasteiger partial charge on any atom is -0.389 e. The number of carbonyl (C=O) groups excluding carboxylic acids is 1. The first kappa shape index (κ1) is 16.6. The van der Waals surface area contributed by atoms with Gasteiger partial charge in [0.2, 0.25) is 5.91 Å². The minimum absolute atomic E-state index is 0.131. The van der Waals surface area contributed by atoms with Gasteiger partial charge in [0, 0.05) is 6.54 Å². The van der Waals surface area contributed by atoms with Gasteiger partial charge in [-0.15, -0.1) is 0 Å². The molecule has 0 saturated carbocycles. The van der Waals surface area contributed by atoms with E-state index < -0.39 is 5.60 Å². The molecule has 5 heteroatoms. The lowest BCUT2D eigenvalue weighted by Crippen LogP contribution is -2.42. The maximum Gasteiger partial charge on any atom is 0.234 e. The van der Waals surface area contributed by atoms with Crippen molar-refractivity contribution in [2.45, 2.75) is 32.4 Å². The third-order valence-electron chi connectivity index (χ3n) is 2.82. The Labute approximate surface area is 119 Å². The van der Waals surface area contributed by atoms with Gasteiger partial charge in [-0.05, 0) is 45.5 Å². The van der Waals surface area contributed by atoms with Crippen molar-refractivity contribution in [3.8, 4) is 0 Å². The summed E-state index contributed by atoms with van der Waals surface area (Å²) in [4.78, 5) is 13.6. The molecule has 0 heterocycles. The van der Waals surface area contributed by atoms with Gasteiger partial charge < -0.3 is 10.4 Å². The van der Waals surface area contributed by atoms with Crippen LogP contribution >= 0.6 is 0 Å². The number of carbonyl (C=O) groups is 1. The predicted molar refractivity (Wildman–Crippen MR) is 76.8 cm³/mol. The molecule has 1 unspecified atom stereocenters. The minimum atomic E-state index is -0.836. The van der Waals surface area contributed by atoms with Gasteiger partial charge in [-0.2, -0.15) is 0 Å². The topological polar surface area (TPSA) is 52.6 Å². The Kier molecular flexibility index (Phi) is 5.65. The summed E-state index contributed by atoms with van der Waals surface area (Å²) in [6, 6.07) is 5.87. The second-order valence-corrected chi connectivity index (χ2v) is 5.83. The smallest absolute Gasteiger partial charge is 0.234 e. The van der Waals surface area contributed by atoms with E-state index in [1.54, 1.807) is 37.9 Å². The lowest BCUT2D eigenvalue weighted by Gasteiger charge is -2.25. The second-order valence-electron chi connectivity index (χ2n) is 5.83. The zero-order valence-corrected chi connectivity index (χ0v) is 12.5. The summed E-state index contributed by atoms with van der Waals surface area (Å²) in [7, 11) is 1.78. The highest BCUT2D eigenvalue weighted by Crippen LogP contribution is 2.12. The van der Waals surface area contributed by atoms with E-state index in [9.17, 15) is 14.3 Å². The Morgan fingerprint density at radius 2 is 1.95 bits per heavy atom. The average molecular weight is 282 g/mol. The van der Waals surface area contributed by atoms with Crippen LogP contribution < -0.4 is 5.32 Å². The Morgan fingerprint density at radius 3 is 2.45 bits per heavy atom. The van der Waals surface area contributed by atoms with Crippen LogP contribution in [0.1, 0.15) is 32.4 Å². The Bertz CT molecular complexity index is 440. The number of nitrogens with zero attached hydrogens (tertiary/aromatic N) is 1. The molecule has 1 aromatic carbocycles. The highest BCUT2D eigenvalue weighted by Gasteiger charge is 2.18. The third-order valence-corrected chi connectivity index (χ3v) is 2.82. The number of amides is 1. The number of hydrogen-bond acceptors (Lipinski definition) is 3. The number of aliphatic hydroxyl groups is 1. The molecular weight excluding hydrogens is 259 g/mol. The lowest BCUT2D eigenvalue weighted by molar-refractivity contribution is -0.123.